The van der Waals surface area contributed by atoms with Gasteiger partial charge in [-0.1, -0.05) is 144 Å². The van der Waals surface area contributed by atoms with E-state index < -0.39 is 5.41 Å². The van der Waals surface area contributed by atoms with Gasteiger partial charge in [-0.3, -0.25) is 0 Å². The largest absolute Gasteiger partial charge is 0.179 e. The van der Waals surface area contributed by atoms with Crippen LogP contribution in [0.2, 0.25) is 0 Å². The molecule has 0 bridgehead atoms. The molecule has 0 fully saturated rings. The summed E-state index contributed by atoms with van der Waals surface area (Å²) >= 11 is 0. The minimum atomic E-state index is -0.439. The molecule has 1 heteroatoms. The Balaban J connectivity index is -0.000000394. The Hall–Kier alpha value is -2.02. The topological polar surface area (TPSA) is 0 Å². The van der Waals surface area contributed by atoms with Crippen LogP contribution in [-0.2, 0) is 38.1 Å². The Morgan fingerprint density at radius 2 is 0.632 bits per heavy atom. The third kappa shape index (κ3) is 12.7. The first kappa shape index (κ1) is 43.1. The van der Waals surface area contributed by atoms with Crippen molar-refractivity contribution >= 4 is 0 Å². The van der Waals surface area contributed by atoms with Gasteiger partial charge in [0.25, 0.3) is 0 Å². The Bertz CT molecular complexity index is 754. The predicted molar refractivity (Wildman–Crippen MR) is 171 cm³/mol. The molecule has 4 rings (SSSR count). The van der Waals surface area contributed by atoms with Crippen molar-refractivity contribution in [2.45, 2.75) is 88.5 Å². The molecule has 0 aromatic heterocycles. The average Bonchev–Trinajstić information content (AvgIpc) is 3.06. The van der Waals surface area contributed by atoms with Gasteiger partial charge < -0.3 is 0 Å². The van der Waals surface area contributed by atoms with Crippen LogP contribution in [0.5, 0.6) is 0 Å². The first-order valence-corrected chi connectivity index (χ1v) is 14.5. The monoisotopic (exact) mass is 587 g/mol. The fourth-order valence-electron chi connectivity index (χ4n) is 3.56. The molecule has 207 valence electrons. The molecule has 4 aromatic carbocycles. The van der Waals surface area contributed by atoms with Crippen LogP contribution in [0, 0.1) is 12.1 Å². The van der Waals surface area contributed by atoms with Crippen molar-refractivity contribution in [3.05, 3.63) is 144 Å². The number of hydrogen-bond donors (Lipinski definition) is 0. The number of rotatable bonds is 4. The maximum Gasteiger partial charge on any atom is 0.0254 e. The van der Waals surface area contributed by atoms with Crippen LogP contribution in [0.15, 0.2) is 109 Å². The van der Waals surface area contributed by atoms with Gasteiger partial charge in [0, 0.05) is 38.1 Å². The molecular weight excluding hydrogens is 533 g/mol. The summed E-state index contributed by atoms with van der Waals surface area (Å²) in [5.41, 5.74) is 4.23. The van der Waals surface area contributed by atoms with Gasteiger partial charge in [-0.05, 0) is 11.1 Å². The molecule has 0 saturated carbocycles. The van der Waals surface area contributed by atoms with Crippen LogP contribution < -0.4 is 0 Å². The zero-order valence-corrected chi connectivity index (χ0v) is 29.3. The second-order valence-corrected chi connectivity index (χ2v) is 6.03. The van der Waals surface area contributed by atoms with E-state index >= 15 is 0 Å². The molecule has 0 aliphatic heterocycles. The molecule has 0 atom stereocenters. The Kier molecular flexibility index (Phi) is 35.4. The van der Waals surface area contributed by atoms with Gasteiger partial charge in [-0.15, -0.1) is 11.1 Å². The zero-order chi connectivity index (χ0) is 29.0. The second-order valence-electron chi connectivity index (χ2n) is 6.03. The molecule has 0 heterocycles. The zero-order valence-electron chi connectivity index (χ0n) is 26.5. The van der Waals surface area contributed by atoms with Crippen LogP contribution in [0.4, 0.5) is 0 Å². The standard InChI is InChI=1S/C25H18.6C2H6.Y/c1-5-13-21(14-6-1)25(22-15-7-2-8-16-22,23-17-9-3-10-18-23)24-19-11-4-12-20-24;6*1-2;/h1-17,19H;6*1-2H3;/q-2;;;;;;;. The quantitative estimate of drug-likeness (QED) is 0.165. The summed E-state index contributed by atoms with van der Waals surface area (Å²) in [6, 6.07) is 44.7. The smallest absolute Gasteiger partial charge is 0.0254 e. The van der Waals surface area contributed by atoms with Crippen molar-refractivity contribution in [2.75, 3.05) is 0 Å². The fourth-order valence-corrected chi connectivity index (χ4v) is 3.56. The summed E-state index contributed by atoms with van der Waals surface area (Å²) < 4.78 is 0. The van der Waals surface area contributed by atoms with Gasteiger partial charge in [0.05, 0.1) is 0 Å². The molecule has 4 aromatic rings. The first-order chi connectivity index (χ1) is 18.4. The van der Waals surface area contributed by atoms with E-state index in [0.717, 1.165) is 11.1 Å². The summed E-state index contributed by atoms with van der Waals surface area (Å²) in [5, 5.41) is 0. The normalized spacial score (nSPS) is 8.32. The summed E-state index contributed by atoms with van der Waals surface area (Å²) in [7, 11) is 0. The molecule has 0 unspecified atom stereocenters. The van der Waals surface area contributed by atoms with E-state index in [4.69, 9.17) is 0 Å². The van der Waals surface area contributed by atoms with Crippen molar-refractivity contribution in [3.63, 3.8) is 0 Å². The minimum Gasteiger partial charge on any atom is -0.179 e. The average molecular weight is 588 g/mol. The Morgan fingerprint density at radius 1 is 0.368 bits per heavy atom. The van der Waals surface area contributed by atoms with Crippen LogP contribution in [0.1, 0.15) is 105 Å². The van der Waals surface area contributed by atoms with E-state index in [1.54, 1.807) is 0 Å². The molecule has 0 spiro atoms. The fraction of sp³-hybridized carbons (Fsp3) is 0.351. The van der Waals surface area contributed by atoms with Crippen molar-refractivity contribution in [1.29, 1.82) is 0 Å². The van der Waals surface area contributed by atoms with E-state index in [1.807, 2.05) is 107 Å². The molecule has 0 N–H and O–H groups in total. The molecule has 38 heavy (non-hydrogen) atoms. The molecule has 0 saturated heterocycles. The Morgan fingerprint density at radius 3 is 0.868 bits per heavy atom. The first-order valence-electron chi connectivity index (χ1n) is 14.5. The van der Waals surface area contributed by atoms with E-state index in [-0.39, 0.29) is 32.7 Å². The molecule has 0 aliphatic rings. The van der Waals surface area contributed by atoms with E-state index in [2.05, 4.69) is 97.1 Å². The van der Waals surface area contributed by atoms with Crippen LogP contribution >= 0.6 is 0 Å². The summed E-state index contributed by atoms with van der Waals surface area (Å²) in [6.07, 6.45) is 0. The third-order valence-electron chi connectivity index (χ3n) is 4.64. The van der Waals surface area contributed by atoms with Crippen molar-refractivity contribution in [2.24, 2.45) is 0 Å². The van der Waals surface area contributed by atoms with Crippen molar-refractivity contribution < 1.29 is 32.7 Å². The number of benzene rings is 4. The second kappa shape index (κ2) is 31.2. The van der Waals surface area contributed by atoms with Gasteiger partial charge >= 0.3 is 0 Å². The van der Waals surface area contributed by atoms with Gasteiger partial charge in [0.2, 0.25) is 0 Å². The Labute approximate surface area is 263 Å². The van der Waals surface area contributed by atoms with E-state index in [0.29, 0.717) is 0 Å². The maximum atomic E-state index is 3.48. The maximum absolute atomic E-state index is 3.48. The molecular formula is C37H54Y-2. The van der Waals surface area contributed by atoms with E-state index in [9.17, 15) is 0 Å². The van der Waals surface area contributed by atoms with Gasteiger partial charge in [-0.2, -0.15) is 60.7 Å². The summed E-state index contributed by atoms with van der Waals surface area (Å²) in [4.78, 5) is 0. The van der Waals surface area contributed by atoms with Gasteiger partial charge in [0.15, 0.2) is 0 Å². The molecule has 1 radical (unpaired) electrons. The summed E-state index contributed by atoms with van der Waals surface area (Å²) in [5.74, 6) is 0. The van der Waals surface area contributed by atoms with E-state index in [1.165, 1.54) is 11.1 Å². The SMILES string of the molecule is CC.CC.CC.CC.CC.CC.[Y].[c-]1ccccc1C(c1[c-]cccc1)(c1ccccc1)c1ccccc1. The van der Waals surface area contributed by atoms with Gasteiger partial charge in [0.1, 0.15) is 0 Å². The van der Waals surface area contributed by atoms with Crippen LogP contribution in [0.25, 0.3) is 0 Å². The van der Waals surface area contributed by atoms with Crippen LogP contribution in [-0.4, -0.2) is 0 Å². The van der Waals surface area contributed by atoms with Gasteiger partial charge in [-0.25, -0.2) is 0 Å². The van der Waals surface area contributed by atoms with Crippen LogP contribution in [0.3, 0.4) is 0 Å². The number of hydrogen-bond acceptors (Lipinski definition) is 0. The third-order valence-corrected chi connectivity index (χ3v) is 4.64. The van der Waals surface area contributed by atoms with Crippen molar-refractivity contribution in [3.8, 4) is 0 Å². The van der Waals surface area contributed by atoms with Crippen molar-refractivity contribution in [1.82, 2.24) is 0 Å². The minimum absolute atomic E-state index is 0. The molecule has 0 amide bonds. The predicted octanol–water partition coefficient (Wildman–Crippen LogP) is 11.8. The molecule has 0 nitrogen and oxygen atoms in total. The molecule has 0 aliphatic carbocycles. The summed E-state index contributed by atoms with van der Waals surface area (Å²) in [6.45, 7) is 24.0.